The van der Waals surface area contributed by atoms with Crippen molar-refractivity contribution in [3.8, 4) is 43.8 Å². The second-order valence-electron chi connectivity index (χ2n) is 34.3. The van der Waals surface area contributed by atoms with E-state index in [0.717, 1.165) is 158 Å². The number of unbranched alkanes of at least 4 members (excludes halogenated alkanes) is 4. The summed E-state index contributed by atoms with van der Waals surface area (Å²) in [6, 6.07) is 0.238. The Hall–Kier alpha value is -6.41. The van der Waals surface area contributed by atoms with Crippen molar-refractivity contribution in [2.24, 2.45) is 120 Å². The molecule has 0 aromatic rings. The molecule has 43 heteroatoms. The number of nitriles is 7. The molecule has 6 aliphatic rings. The van der Waals surface area contributed by atoms with Crippen LogP contribution in [0.4, 0.5) is 0 Å². The SMILES string of the molecule is CC(CCN=C=O)CC(C)(C)COC#N.CC(COC#N)CC(C)(C)CCN=C=O.CC1(C)CC(N=C=O)CC(C)(CN=C=O)C1.CCOC#N.COC(=O)C(CCCCN=C=O)OC#N.I.N#COC1CCC(CC2CCC(N=C=O)CC2)CC1.N#COCC1CCCC(CN=C=O)C1.N#COCCCCCCN=C=O.O=C=NCC1CC2CCC1C2.[2H]CI.[2H]CI.[2H]N=BI.[2H]P(I)I.[HH]. The number of carbonyl (C=O) groups excluding carboxylic acids is 10. The molecule has 0 spiro atoms. The van der Waals surface area contributed by atoms with Gasteiger partial charge < -0.3 is 37.9 Å². The first-order valence-electron chi connectivity index (χ1n) is 45.9. The largest absolute Gasteiger partial charge is 0.0801 e. The van der Waals surface area contributed by atoms with Crippen LogP contribution >= 0.6 is 139 Å². The van der Waals surface area contributed by atoms with Crippen molar-refractivity contribution >= 4 is 205 Å². The van der Waals surface area contributed by atoms with Gasteiger partial charge in [-0.25, -0.2) is 92.9 Å². The molecule has 6 fully saturated rings. The first-order chi connectivity index (χ1) is 65.1. The molecule has 0 heterocycles. The zero-order chi connectivity index (χ0) is 104. The summed E-state index contributed by atoms with van der Waals surface area (Å²) in [7, 11) is 1.23. The fraction of sp³-hybridized carbons (Fsp3) is 0.811. The molecule has 0 aromatic carbocycles. The van der Waals surface area contributed by atoms with E-state index in [1.165, 1.54) is 107 Å². The maximum Gasteiger partial charge on any atom is 0.0801 e. The Balaban J connectivity index is -0.000000192. The summed E-state index contributed by atoms with van der Waals surface area (Å²) in [5, 5.41) is 60.1. The zero-order valence-corrected chi connectivity index (χ0v) is 93.1. The molecule has 0 aliphatic heterocycles. The standard InChI is InChI=1S/C15H22N2O2.C12H18N2O2.2C11H18N2O2.C10H14N2O2.C9H12N2O4.C9H13NO.C8H12N2O2.C3H5NO.2CH3I.BHIN.HI2P.HI.H2/c16-10-19-15-7-3-13(4-8-15)9-12-1-5-14(6-2-12)17-11-18;1-11(2)4-10(14-9-16)5-12(3,6-11)7-13-8-15;1-10(7-15-8-12)6-11(2,3)4-5-13-9-14;1-10(4-5-13-9-14)6-11(2,3)7-15-8-12;11-7-14-6-10-3-1-2-9(4-10)5-12-8-13;1-14-9(13)8(15-6-10)4-2-3-5-11-7-12;11-6-10-5-9-4-7-1-2-8(9)3-7;9-7-12-6-4-2-1-3-5-10-8-11;1-2-5-3-4;2*1-2;2-1-3;1-3-2;;/h12-15H,1-9H2;10H,4-7H2,1-3H3;2*10H,4-7H2,1-3H3;9-10H,1-6H2;8H,2-5H2,1H3;7-9H,1-5H2;1-6H2;2H2,1H3;2*1H3;2*3H;2*1H/i;;;;;;;;;2*1D;2*3D;;. The molecule has 10 atom stereocenters. The summed E-state index contributed by atoms with van der Waals surface area (Å²) in [6.45, 7) is 26.8. The summed E-state index contributed by atoms with van der Waals surface area (Å²) in [5.74, 6) is 5.31. The van der Waals surface area contributed by atoms with Gasteiger partial charge in [-0.3, -0.25) is 0 Å². The number of ether oxygens (including phenoxy) is 8. The molecular formula is C90H143BI6N17O18P. The summed E-state index contributed by atoms with van der Waals surface area (Å²) in [4.78, 5) is 135. The summed E-state index contributed by atoms with van der Waals surface area (Å²) >= 11 is 9.91. The smallest absolute Gasteiger partial charge is 0.0452 e. The predicted molar refractivity (Wildman–Crippen MR) is 563 cm³/mol. The maximum absolute atomic E-state index is 11.0. The number of halogens is 6. The van der Waals surface area contributed by atoms with Crippen LogP contribution in [0.25, 0.3) is 0 Å². The molecule has 0 aromatic heterocycles. The van der Waals surface area contributed by atoms with Crippen molar-refractivity contribution in [3.63, 3.8) is 0 Å². The number of rotatable bonds is 42. The van der Waals surface area contributed by atoms with E-state index in [4.69, 9.17) is 56.5 Å². The third kappa shape index (κ3) is 93.0. The van der Waals surface area contributed by atoms with Crippen molar-refractivity contribution < 1.29 is 91.4 Å². The Labute approximate surface area is 883 Å². The van der Waals surface area contributed by atoms with Crippen LogP contribution in [-0.4, -0.2) is 187 Å². The maximum atomic E-state index is 11.0. The third-order valence-electron chi connectivity index (χ3n) is 21.7. The molecule has 6 rings (SSSR count). The van der Waals surface area contributed by atoms with Gasteiger partial charge in [-0.2, -0.15) is 36.8 Å². The van der Waals surface area contributed by atoms with E-state index in [0.29, 0.717) is 125 Å². The van der Waals surface area contributed by atoms with Crippen LogP contribution in [0.1, 0.15) is 272 Å². The van der Waals surface area contributed by atoms with Crippen LogP contribution in [-0.2, 0) is 85.8 Å². The van der Waals surface area contributed by atoms with Crippen LogP contribution < -0.4 is 0 Å². The van der Waals surface area contributed by atoms with Gasteiger partial charge in [-0.15, -0.1) is 24.0 Å². The topological polar surface area (TPSA) is 546 Å². The Morgan fingerprint density at radius 1 is 0.571 bits per heavy atom. The Morgan fingerprint density at radius 2 is 1.08 bits per heavy atom. The van der Waals surface area contributed by atoms with Crippen LogP contribution in [0, 0.1) is 161 Å². The Kier molecular flexibility index (Phi) is 103. The summed E-state index contributed by atoms with van der Waals surface area (Å²) < 4.78 is 61.4. The van der Waals surface area contributed by atoms with E-state index < -0.39 is 15.9 Å². The molecule has 746 valence electrons. The zero-order valence-electron chi connectivity index (χ0n) is 83.1. The number of alkyl halides is 2. The summed E-state index contributed by atoms with van der Waals surface area (Å²) in [5.41, 5.74) is 0.152. The molecule has 2 bridgehead atoms. The molecule has 6 saturated carbocycles. The number of hydrogen-bond donors (Lipinski definition) is 1. The van der Waals surface area contributed by atoms with E-state index in [2.05, 4.69) is 173 Å². The number of carbonyl (C=O) groups is 1. The Bertz CT molecular complexity index is 3890. The van der Waals surface area contributed by atoms with Gasteiger partial charge in [0.1, 0.15) is 32.5 Å². The molecule has 1 N–H and O–H groups in total. The van der Waals surface area contributed by atoms with Crippen molar-refractivity contribution in [1.82, 2.24) is 0 Å². The van der Waals surface area contributed by atoms with Gasteiger partial charge >= 0.3 is 40.0 Å². The van der Waals surface area contributed by atoms with Crippen molar-refractivity contribution in [2.75, 3.05) is 95.8 Å². The number of nitrogens with one attached hydrogen (secondary N) is 1. The molecule has 133 heavy (non-hydrogen) atoms. The van der Waals surface area contributed by atoms with Crippen LogP contribution in [0.2, 0.25) is 1.41 Å². The van der Waals surface area contributed by atoms with Crippen molar-refractivity contribution in [3.05, 3.63) is 0 Å². The van der Waals surface area contributed by atoms with Gasteiger partial charge in [0.2, 0.25) is 60.8 Å². The third-order valence-corrected chi connectivity index (χ3v) is 21.7. The van der Waals surface area contributed by atoms with Crippen molar-refractivity contribution in [1.29, 1.82) is 43.4 Å². The number of isocyanates is 9. The number of esters is 1. The molecule has 0 radical (unpaired) electrons. The van der Waals surface area contributed by atoms with Crippen LogP contribution in [0.3, 0.4) is 0 Å². The fourth-order valence-electron chi connectivity index (χ4n) is 16.7. The van der Waals surface area contributed by atoms with E-state index in [-0.39, 0.29) is 65.3 Å². The Morgan fingerprint density at radius 3 is 1.57 bits per heavy atom. The number of aliphatic imine (C=N–C) groups is 9. The monoisotopic (exact) mass is 2560 g/mol. The fourth-order valence-corrected chi connectivity index (χ4v) is 16.7. The average molecular weight is 2560 g/mol. The minimum atomic E-state index is -0.861. The molecule has 6 aliphatic carbocycles. The van der Waals surface area contributed by atoms with Crippen LogP contribution in [0.15, 0.2) is 44.9 Å². The van der Waals surface area contributed by atoms with Gasteiger partial charge in [-0.05, 0) is 310 Å². The predicted octanol–water partition coefficient (Wildman–Crippen LogP) is 22.0. The van der Waals surface area contributed by atoms with E-state index in [1.807, 2.05) is 80.7 Å². The number of hydrogen-bond acceptors (Lipinski definition) is 35. The molecule has 10 unspecified atom stereocenters. The average Bonchev–Trinajstić information content (AvgIpc) is 1.25. The second kappa shape index (κ2) is 103. The van der Waals surface area contributed by atoms with E-state index >= 15 is 0 Å². The second-order valence-corrected chi connectivity index (χ2v) is 43.5. The number of methoxy groups -OCH3 is 1. The first-order valence-corrected chi connectivity index (χ1v) is 54.3. The minimum absolute atomic E-state index is 0. The van der Waals surface area contributed by atoms with Gasteiger partial charge in [-0.1, -0.05) is 127 Å². The first kappa shape index (κ1) is 133. The van der Waals surface area contributed by atoms with Crippen LogP contribution in [0.5, 0.6) is 0 Å². The van der Waals surface area contributed by atoms with Gasteiger partial charge in [0.25, 0.3) is 43.8 Å². The number of nitrogens with zero attached hydrogens (tertiary/aromatic N) is 16. The van der Waals surface area contributed by atoms with Crippen molar-refractivity contribution in [2.45, 2.75) is 293 Å². The minimum Gasteiger partial charge on any atom is -0.0452 e. The van der Waals surface area contributed by atoms with E-state index in [9.17, 15) is 47.9 Å². The molecule has 0 saturated heterocycles. The molecule has 35 nitrogen and oxygen atoms in total. The van der Waals surface area contributed by atoms with E-state index in [1.54, 1.807) is 62.3 Å². The van der Waals surface area contributed by atoms with Gasteiger partial charge in [0.15, 0.2) is 0 Å². The summed E-state index contributed by atoms with van der Waals surface area (Å²) in [6.07, 6.45) is 56.6. The van der Waals surface area contributed by atoms with Gasteiger partial charge in [0.05, 0.1) is 72.9 Å². The molecular weight excluding hydrogens is 2410 g/mol. The molecule has 0 amide bonds. The normalized spacial score (nSPS) is 20.7. The quantitative estimate of drug-likeness (QED) is 0.00682. The number of fused-ring (bicyclic) bond motifs is 2. The van der Waals surface area contributed by atoms with Gasteiger partial charge in [0, 0.05) is 13.4 Å².